The first kappa shape index (κ1) is 36.3. The molecule has 15 nitrogen and oxygen atoms in total. The van der Waals surface area contributed by atoms with E-state index in [-0.39, 0.29) is 51.0 Å². The molecule has 0 aromatic carbocycles. The molecule has 0 spiro atoms. The van der Waals surface area contributed by atoms with Gasteiger partial charge in [-0.3, -0.25) is 38.7 Å². The lowest BCUT2D eigenvalue weighted by atomic mass is 10.3. The molecule has 0 aliphatic carbocycles. The lowest BCUT2D eigenvalue weighted by molar-refractivity contribution is -0.144. The van der Waals surface area contributed by atoms with E-state index in [0.717, 1.165) is 26.2 Å². The molecular formula is C26H49N7O8. The highest BCUT2D eigenvalue weighted by molar-refractivity contribution is 5.80. The fraction of sp³-hybridized carbons (Fsp3) is 0.808. The number of rotatable bonds is 16. The Morgan fingerprint density at radius 1 is 0.561 bits per heavy atom. The van der Waals surface area contributed by atoms with Gasteiger partial charge in [-0.25, -0.2) is 0 Å². The molecule has 0 atom stereocenters. The monoisotopic (exact) mass is 587 g/mol. The third-order valence-corrected chi connectivity index (χ3v) is 6.44. The van der Waals surface area contributed by atoms with E-state index < -0.39 is 17.9 Å². The van der Waals surface area contributed by atoms with Gasteiger partial charge in [0.15, 0.2) is 0 Å². The molecule has 236 valence electrons. The summed E-state index contributed by atoms with van der Waals surface area (Å²) in [6.07, 6.45) is 0. The van der Waals surface area contributed by atoms with Crippen molar-refractivity contribution in [2.75, 3.05) is 133 Å². The second kappa shape index (κ2) is 22.0. The molecule has 0 radical (unpaired) electrons. The van der Waals surface area contributed by atoms with Crippen LogP contribution in [0, 0.1) is 0 Å². The van der Waals surface area contributed by atoms with Crippen molar-refractivity contribution in [2.24, 2.45) is 0 Å². The molecule has 0 bridgehead atoms. The van der Waals surface area contributed by atoms with Gasteiger partial charge in [0, 0.05) is 78.5 Å². The maximum absolute atomic E-state index is 13.3. The summed E-state index contributed by atoms with van der Waals surface area (Å²) >= 11 is 0. The minimum absolute atomic E-state index is 0.00151. The Morgan fingerprint density at radius 3 is 1.34 bits per heavy atom. The van der Waals surface area contributed by atoms with Crippen LogP contribution in [0.15, 0.2) is 0 Å². The van der Waals surface area contributed by atoms with Crippen LogP contribution in [0.3, 0.4) is 0 Å². The van der Waals surface area contributed by atoms with Crippen LogP contribution in [0.1, 0.15) is 6.92 Å². The van der Waals surface area contributed by atoms with Crippen LogP contribution in [0.5, 0.6) is 0 Å². The molecule has 41 heavy (non-hydrogen) atoms. The van der Waals surface area contributed by atoms with Crippen molar-refractivity contribution in [1.29, 1.82) is 0 Å². The summed E-state index contributed by atoms with van der Waals surface area (Å²) < 4.78 is 14.4. The van der Waals surface area contributed by atoms with Crippen molar-refractivity contribution in [2.45, 2.75) is 6.92 Å². The Hall–Kier alpha value is -2.69. The van der Waals surface area contributed by atoms with Gasteiger partial charge >= 0.3 is 17.9 Å². The molecule has 1 fully saturated rings. The highest BCUT2D eigenvalue weighted by atomic mass is 16.5. The lowest BCUT2D eigenvalue weighted by Gasteiger charge is -2.30. The molecule has 1 heterocycles. The smallest absolute Gasteiger partial charge is 0.319 e. The fourth-order valence-corrected chi connectivity index (χ4v) is 4.13. The van der Waals surface area contributed by atoms with Gasteiger partial charge in [-0.1, -0.05) is 0 Å². The normalized spacial score (nSPS) is 15.2. The van der Waals surface area contributed by atoms with Gasteiger partial charge in [-0.15, -0.1) is 0 Å². The van der Waals surface area contributed by atoms with E-state index in [1.165, 1.54) is 28.3 Å². The number of carbonyl (C=O) groups excluding carboxylic acids is 5. The summed E-state index contributed by atoms with van der Waals surface area (Å²) in [6.45, 7) is 8.21. The van der Waals surface area contributed by atoms with Crippen LogP contribution in [0.2, 0.25) is 0 Å². The van der Waals surface area contributed by atoms with E-state index in [9.17, 15) is 24.0 Å². The predicted molar refractivity (Wildman–Crippen MR) is 151 cm³/mol. The molecular weight excluding hydrogens is 538 g/mol. The van der Waals surface area contributed by atoms with E-state index in [0.29, 0.717) is 45.8 Å². The Labute approximate surface area is 243 Å². The Morgan fingerprint density at radius 2 is 0.927 bits per heavy atom. The third-order valence-electron chi connectivity index (χ3n) is 6.44. The molecule has 1 aliphatic rings. The first-order valence-electron chi connectivity index (χ1n) is 13.9. The van der Waals surface area contributed by atoms with Gasteiger partial charge in [-0.2, -0.15) is 0 Å². The number of Topliss-reactive ketones (excluding diaryl/α,β-unsaturated/α-hetero) is 1. The molecule has 1 amide bonds. The number of hydrogen-bond donors (Lipinski definition) is 3. The van der Waals surface area contributed by atoms with E-state index in [1.807, 2.05) is 0 Å². The molecule has 0 aromatic heterocycles. The van der Waals surface area contributed by atoms with E-state index in [1.54, 1.807) is 19.6 Å². The molecule has 0 unspecified atom stereocenters. The minimum atomic E-state index is -0.479. The summed E-state index contributed by atoms with van der Waals surface area (Å²) in [4.78, 5) is 68.0. The zero-order chi connectivity index (χ0) is 30.5. The number of ether oxygens (including phenoxy) is 3. The highest BCUT2D eigenvalue weighted by Crippen LogP contribution is 2.01. The lowest BCUT2D eigenvalue weighted by Crippen LogP contribution is -2.49. The van der Waals surface area contributed by atoms with Crippen molar-refractivity contribution in [3.05, 3.63) is 0 Å². The van der Waals surface area contributed by atoms with Crippen LogP contribution in [-0.4, -0.2) is 182 Å². The number of methoxy groups -OCH3 is 3. The van der Waals surface area contributed by atoms with Gasteiger partial charge in [0.25, 0.3) is 0 Å². The molecule has 1 rings (SSSR count). The standard InChI is InChI=1S/C26H49N7O8/c1-22(34)17-31(20-25(37)40-3)15-13-30(19-24(36)39-2)14-16-32(21-26(38)41-4)18-23(35)33-11-9-28-7-5-27-6-8-29-10-12-33/h27-29H,5-21H2,1-4H3. The van der Waals surface area contributed by atoms with Crippen molar-refractivity contribution in [1.82, 2.24) is 35.6 Å². The predicted octanol–water partition coefficient (Wildman–Crippen LogP) is -3.39. The van der Waals surface area contributed by atoms with Crippen LogP contribution in [0.4, 0.5) is 0 Å². The summed E-state index contributed by atoms with van der Waals surface area (Å²) in [6, 6.07) is 0. The molecule has 0 saturated carbocycles. The van der Waals surface area contributed by atoms with Crippen molar-refractivity contribution >= 4 is 29.6 Å². The largest absolute Gasteiger partial charge is 0.468 e. The second-order valence-corrected chi connectivity index (χ2v) is 9.76. The van der Waals surface area contributed by atoms with Crippen LogP contribution < -0.4 is 16.0 Å². The maximum Gasteiger partial charge on any atom is 0.319 e. The van der Waals surface area contributed by atoms with Crippen molar-refractivity contribution in [3.63, 3.8) is 0 Å². The zero-order valence-electron chi connectivity index (χ0n) is 25.1. The first-order chi connectivity index (χ1) is 19.7. The average Bonchev–Trinajstić information content (AvgIpc) is 2.93. The van der Waals surface area contributed by atoms with Gasteiger partial charge in [-0.05, 0) is 6.92 Å². The molecule has 1 aliphatic heterocycles. The summed E-state index contributed by atoms with van der Waals surface area (Å²) in [5.74, 6) is -1.64. The number of nitrogens with zero attached hydrogens (tertiary/aromatic N) is 4. The number of esters is 3. The van der Waals surface area contributed by atoms with E-state index in [2.05, 4.69) is 16.0 Å². The Bertz CT molecular complexity index is 805. The maximum atomic E-state index is 13.3. The topological polar surface area (TPSA) is 162 Å². The number of ketones is 1. The van der Waals surface area contributed by atoms with Crippen LogP contribution in [-0.2, 0) is 38.2 Å². The summed E-state index contributed by atoms with van der Waals surface area (Å²) in [5, 5.41) is 9.99. The van der Waals surface area contributed by atoms with Gasteiger partial charge in [0.2, 0.25) is 5.91 Å². The number of nitrogens with one attached hydrogen (secondary N) is 3. The van der Waals surface area contributed by atoms with Crippen LogP contribution in [0.25, 0.3) is 0 Å². The average molecular weight is 588 g/mol. The van der Waals surface area contributed by atoms with Gasteiger partial charge < -0.3 is 35.1 Å². The van der Waals surface area contributed by atoms with Gasteiger partial charge in [0.05, 0.1) is 54.1 Å². The Kier molecular flexibility index (Phi) is 19.5. The molecule has 15 heteroatoms. The number of carbonyl (C=O) groups is 5. The van der Waals surface area contributed by atoms with Crippen LogP contribution >= 0.6 is 0 Å². The van der Waals surface area contributed by atoms with E-state index >= 15 is 0 Å². The Balaban J connectivity index is 2.89. The van der Waals surface area contributed by atoms with E-state index in [4.69, 9.17) is 14.2 Å². The fourth-order valence-electron chi connectivity index (χ4n) is 4.13. The SMILES string of the molecule is COC(=O)CN(CCN(CC(C)=O)CC(=O)OC)CCN(CC(=O)OC)CC(=O)N1CCNCCNCCNCC1. The quantitative estimate of drug-likeness (QED) is 0.121. The number of hydrogen-bond acceptors (Lipinski definition) is 14. The third kappa shape index (κ3) is 17.7. The van der Waals surface area contributed by atoms with Crippen molar-refractivity contribution < 1.29 is 38.2 Å². The van der Waals surface area contributed by atoms with Crippen molar-refractivity contribution in [3.8, 4) is 0 Å². The second-order valence-electron chi connectivity index (χ2n) is 9.76. The highest BCUT2D eigenvalue weighted by Gasteiger charge is 2.22. The minimum Gasteiger partial charge on any atom is -0.468 e. The van der Waals surface area contributed by atoms with Gasteiger partial charge in [0.1, 0.15) is 5.78 Å². The summed E-state index contributed by atoms with van der Waals surface area (Å²) in [5.41, 5.74) is 0. The molecule has 0 aromatic rings. The zero-order valence-corrected chi connectivity index (χ0v) is 25.1. The number of amides is 1. The first-order valence-corrected chi connectivity index (χ1v) is 13.9. The molecule has 3 N–H and O–H groups in total. The molecule has 1 saturated heterocycles. The summed E-state index contributed by atoms with van der Waals surface area (Å²) in [7, 11) is 3.86.